The lowest BCUT2D eigenvalue weighted by atomic mass is 10.1. The Morgan fingerprint density at radius 3 is 2.18 bits per heavy atom. The van der Waals surface area contributed by atoms with Crippen molar-refractivity contribution in [3.05, 3.63) is 123 Å². The zero-order valence-corrected chi connectivity index (χ0v) is 19.2. The van der Waals surface area contributed by atoms with E-state index in [1.54, 1.807) is 16.7 Å². The van der Waals surface area contributed by atoms with Crippen LogP contribution in [-0.2, 0) is 19.5 Å². The van der Waals surface area contributed by atoms with Crippen LogP contribution < -0.4 is 10.5 Å². The van der Waals surface area contributed by atoms with Crippen LogP contribution >= 0.6 is 0 Å². The molecule has 0 bridgehead atoms. The molecular weight excluding hydrogens is 427 g/mol. The molecule has 0 radical (unpaired) electrons. The first-order valence-corrected chi connectivity index (χ1v) is 11.5. The van der Waals surface area contributed by atoms with Gasteiger partial charge >= 0.3 is 0 Å². The second-order valence-electron chi connectivity index (χ2n) is 8.69. The van der Waals surface area contributed by atoms with E-state index in [1.165, 1.54) is 17.7 Å². The molecule has 0 saturated heterocycles. The van der Waals surface area contributed by atoms with Gasteiger partial charge in [0.15, 0.2) is 0 Å². The Morgan fingerprint density at radius 2 is 1.50 bits per heavy atom. The predicted octanol–water partition coefficient (Wildman–Crippen LogP) is 4.89. The third-order valence-electron chi connectivity index (χ3n) is 6.29. The number of hydrogen-bond donors (Lipinski definition) is 0. The summed E-state index contributed by atoms with van der Waals surface area (Å²) in [5.41, 5.74) is 4.55. The van der Waals surface area contributed by atoms with E-state index in [0.717, 1.165) is 29.9 Å². The molecule has 34 heavy (non-hydrogen) atoms. The molecule has 0 amide bonds. The van der Waals surface area contributed by atoms with Crippen molar-refractivity contribution in [1.82, 2.24) is 14.5 Å². The highest BCUT2D eigenvalue weighted by Gasteiger charge is 2.28. The molecule has 0 unspecified atom stereocenters. The van der Waals surface area contributed by atoms with Gasteiger partial charge in [0.25, 0.3) is 5.56 Å². The van der Waals surface area contributed by atoms with Gasteiger partial charge in [-0.15, -0.1) is 0 Å². The Morgan fingerprint density at radius 1 is 0.853 bits per heavy atom. The molecule has 0 atom stereocenters. The molecule has 5 rings (SSSR count). The molecule has 0 N–H and O–H groups in total. The molecule has 4 aromatic rings. The largest absolute Gasteiger partial charge is 0.298 e. The van der Waals surface area contributed by atoms with Crippen molar-refractivity contribution in [1.29, 1.82) is 0 Å². The van der Waals surface area contributed by atoms with Gasteiger partial charge in [-0.2, -0.15) is 0 Å². The fourth-order valence-electron chi connectivity index (χ4n) is 4.42. The van der Waals surface area contributed by atoms with Crippen LogP contribution in [0.5, 0.6) is 0 Å². The maximum atomic E-state index is 13.7. The lowest BCUT2D eigenvalue weighted by Crippen LogP contribution is -2.48. The summed E-state index contributed by atoms with van der Waals surface area (Å²) >= 11 is 0. The first-order valence-electron chi connectivity index (χ1n) is 11.5. The molecule has 0 spiro atoms. The lowest BCUT2D eigenvalue weighted by molar-refractivity contribution is 0.200. The predicted molar refractivity (Wildman–Crippen MR) is 133 cm³/mol. The zero-order chi connectivity index (χ0) is 23.5. The molecule has 1 aromatic heterocycles. The Hall–Kier alpha value is -3.77. The first kappa shape index (κ1) is 22.0. The molecular formula is C28H27FN4O. The molecule has 3 aromatic carbocycles. The van der Waals surface area contributed by atoms with E-state index in [1.807, 2.05) is 60.4 Å². The molecule has 172 valence electrons. The third-order valence-corrected chi connectivity index (χ3v) is 6.29. The fraction of sp³-hybridized carbons (Fsp3) is 0.214. The van der Waals surface area contributed by atoms with Gasteiger partial charge in [0.05, 0.1) is 19.0 Å². The number of fused-ring (bicyclic) bond motifs is 1. The van der Waals surface area contributed by atoms with Gasteiger partial charge in [-0.3, -0.25) is 19.2 Å². The molecule has 0 aliphatic carbocycles. The number of nitrogens with zero attached hydrogens (tertiary/aromatic N) is 4. The molecule has 5 nitrogen and oxygen atoms in total. The van der Waals surface area contributed by atoms with E-state index >= 15 is 0 Å². The molecule has 2 heterocycles. The van der Waals surface area contributed by atoms with Crippen molar-refractivity contribution < 1.29 is 4.39 Å². The standard InChI is InChI=1S/C28H27FN4O/c1-21-26(18-23-10-6-3-7-11-23)27(34)33-20-31(17-16-22-8-4-2-5-9-22)19-32(28(33)30-21)25-14-12-24(29)13-15-25/h2-15H,16-20H2,1H3. The maximum Gasteiger partial charge on any atom is 0.259 e. The highest BCUT2D eigenvalue weighted by Crippen LogP contribution is 2.28. The van der Waals surface area contributed by atoms with Gasteiger partial charge < -0.3 is 0 Å². The minimum absolute atomic E-state index is 0.0251. The first-order chi connectivity index (χ1) is 16.6. The molecule has 0 fully saturated rings. The van der Waals surface area contributed by atoms with E-state index in [2.05, 4.69) is 17.0 Å². The van der Waals surface area contributed by atoms with Crippen LogP contribution in [0, 0.1) is 12.7 Å². The monoisotopic (exact) mass is 454 g/mol. The van der Waals surface area contributed by atoms with Crippen molar-refractivity contribution in [2.45, 2.75) is 26.4 Å². The van der Waals surface area contributed by atoms with Gasteiger partial charge in [-0.25, -0.2) is 9.37 Å². The van der Waals surface area contributed by atoms with E-state index in [-0.39, 0.29) is 11.4 Å². The summed E-state index contributed by atoms with van der Waals surface area (Å²) in [7, 11) is 0. The summed E-state index contributed by atoms with van der Waals surface area (Å²) in [5.74, 6) is 0.309. The molecule has 1 aliphatic rings. The summed E-state index contributed by atoms with van der Waals surface area (Å²) in [6, 6.07) is 26.7. The lowest BCUT2D eigenvalue weighted by Gasteiger charge is -2.38. The fourth-order valence-corrected chi connectivity index (χ4v) is 4.42. The number of halogens is 1. The quantitative estimate of drug-likeness (QED) is 0.416. The van der Waals surface area contributed by atoms with E-state index < -0.39 is 0 Å². The zero-order valence-electron chi connectivity index (χ0n) is 19.2. The van der Waals surface area contributed by atoms with Gasteiger partial charge in [0.1, 0.15) is 5.82 Å². The van der Waals surface area contributed by atoms with Gasteiger partial charge in [0.2, 0.25) is 5.95 Å². The summed E-state index contributed by atoms with van der Waals surface area (Å²) < 4.78 is 15.4. The molecule has 0 saturated carbocycles. The number of anilines is 2. The second-order valence-corrected chi connectivity index (χ2v) is 8.69. The highest BCUT2D eigenvalue weighted by atomic mass is 19.1. The minimum Gasteiger partial charge on any atom is -0.298 e. The smallest absolute Gasteiger partial charge is 0.259 e. The Bertz CT molecular complexity index is 1320. The second kappa shape index (κ2) is 9.61. The van der Waals surface area contributed by atoms with Crippen LogP contribution in [0.25, 0.3) is 0 Å². The summed E-state index contributed by atoms with van der Waals surface area (Å²) in [6.07, 6.45) is 1.41. The van der Waals surface area contributed by atoms with Crippen LogP contribution in [0.3, 0.4) is 0 Å². The number of aryl methyl sites for hydroxylation is 1. The van der Waals surface area contributed by atoms with E-state index in [4.69, 9.17) is 4.98 Å². The number of aromatic nitrogens is 2. The topological polar surface area (TPSA) is 41.4 Å². The van der Waals surface area contributed by atoms with Crippen LogP contribution in [0.4, 0.5) is 16.0 Å². The average Bonchev–Trinajstić information content (AvgIpc) is 2.87. The average molecular weight is 455 g/mol. The number of rotatable bonds is 6. The Balaban J connectivity index is 1.52. The normalized spacial score (nSPS) is 13.6. The van der Waals surface area contributed by atoms with Gasteiger partial charge in [-0.1, -0.05) is 60.7 Å². The SMILES string of the molecule is Cc1nc2n(c(=O)c1Cc1ccccc1)CN(CCc1ccccc1)CN2c1ccc(F)cc1. The number of benzene rings is 3. The van der Waals surface area contributed by atoms with Crippen molar-refractivity contribution in [2.75, 3.05) is 18.1 Å². The van der Waals surface area contributed by atoms with Crippen molar-refractivity contribution in [2.24, 2.45) is 0 Å². The number of hydrogen-bond acceptors (Lipinski definition) is 4. The Labute approximate surface area is 198 Å². The van der Waals surface area contributed by atoms with Gasteiger partial charge in [0, 0.05) is 24.2 Å². The van der Waals surface area contributed by atoms with Crippen molar-refractivity contribution in [3.8, 4) is 0 Å². The summed E-state index contributed by atoms with van der Waals surface area (Å²) in [5, 5.41) is 0. The minimum atomic E-state index is -0.290. The van der Waals surface area contributed by atoms with Gasteiger partial charge in [-0.05, 0) is 48.7 Å². The van der Waals surface area contributed by atoms with Crippen molar-refractivity contribution >= 4 is 11.6 Å². The summed E-state index contributed by atoms with van der Waals surface area (Å²) in [6.45, 7) is 3.72. The molecule has 1 aliphatic heterocycles. The maximum absolute atomic E-state index is 13.7. The molecule has 6 heteroatoms. The Kier molecular flexibility index (Phi) is 6.23. The van der Waals surface area contributed by atoms with Crippen LogP contribution in [0.2, 0.25) is 0 Å². The highest BCUT2D eigenvalue weighted by molar-refractivity contribution is 5.58. The summed E-state index contributed by atoms with van der Waals surface area (Å²) in [4.78, 5) is 22.8. The van der Waals surface area contributed by atoms with Crippen molar-refractivity contribution in [3.63, 3.8) is 0 Å². The van der Waals surface area contributed by atoms with Crippen LogP contribution in [0.15, 0.2) is 89.7 Å². The van der Waals surface area contributed by atoms with Crippen LogP contribution in [0.1, 0.15) is 22.4 Å². The van der Waals surface area contributed by atoms with E-state index in [9.17, 15) is 9.18 Å². The van der Waals surface area contributed by atoms with Crippen LogP contribution in [-0.4, -0.2) is 27.7 Å². The van der Waals surface area contributed by atoms with E-state index in [0.29, 0.717) is 31.3 Å². The third kappa shape index (κ3) is 4.63.